The van der Waals surface area contributed by atoms with Crippen molar-refractivity contribution in [3.63, 3.8) is 0 Å². The lowest BCUT2D eigenvalue weighted by molar-refractivity contribution is -0.237. The molecular weight excluding hydrogens is 406 g/mol. The van der Waals surface area contributed by atoms with Crippen LogP contribution in [0, 0.1) is 6.92 Å². The second kappa shape index (κ2) is 6.94. The van der Waals surface area contributed by atoms with Gasteiger partial charge in [-0.15, -0.1) is 0 Å². The smallest absolute Gasteiger partial charge is 0.261 e. The third-order valence-corrected chi connectivity index (χ3v) is 6.94. The number of nitrogens with zero attached hydrogens (tertiary/aromatic N) is 1. The molecule has 0 spiro atoms. The van der Waals surface area contributed by atoms with E-state index in [-0.39, 0.29) is 5.56 Å². The Balaban J connectivity index is 1.56. The molecular formula is C26H21NO3S. The summed E-state index contributed by atoms with van der Waals surface area (Å²) in [5.41, 5.74) is 5.69. The summed E-state index contributed by atoms with van der Waals surface area (Å²) in [5, 5.41) is 4.10. The molecule has 0 amide bonds. The summed E-state index contributed by atoms with van der Waals surface area (Å²) in [7, 11) is 0. The van der Waals surface area contributed by atoms with Gasteiger partial charge in [-0.3, -0.25) is 4.79 Å². The Bertz CT molecular complexity index is 1330. The SMILES string of the molecule is Cc1cc2c(c(=O)n1Cc1ccccc1)C1O[C@](c3ccsc3)(Cc3ccccc31)O2. The Labute approximate surface area is 184 Å². The highest BCUT2D eigenvalue weighted by Crippen LogP contribution is 2.51. The zero-order chi connectivity index (χ0) is 21.0. The molecule has 31 heavy (non-hydrogen) atoms. The molecule has 0 saturated carbocycles. The number of benzene rings is 2. The van der Waals surface area contributed by atoms with Crippen molar-refractivity contribution in [2.75, 3.05) is 0 Å². The van der Waals surface area contributed by atoms with E-state index < -0.39 is 11.9 Å². The number of aryl methyl sites for hydroxylation is 1. The van der Waals surface area contributed by atoms with E-state index in [9.17, 15) is 4.79 Å². The van der Waals surface area contributed by atoms with Gasteiger partial charge in [0.2, 0.25) is 5.79 Å². The maximum Gasteiger partial charge on any atom is 0.261 e. The van der Waals surface area contributed by atoms with E-state index in [1.165, 1.54) is 0 Å². The van der Waals surface area contributed by atoms with Gasteiger partial charge >= 0.3 is 0 Å². The molecule has 0 fully saturated rings. The van der Waals surface area contributed by atoms with Crippen LogP contribution < -0.4 is 10.3 Å². The number of rotatable bonds is 3. The second-order valence-corrected chi connectivity index (χ2v) is 8.96. The zero-order valence-electron chi connectivity index (χ0n) is 17.1. The number of fused-ring (bicyclic) bond motifs is 6. The van der Waals surface area contributed by atoms with Crippen LogP contribution in [0.25, 0.3) is 0 Å². The van der Waals surface area contributed by atoms with Gasteiger partial charge in [-0.1, -0.05) is 54.6 Å². The van der Waals surface area contributed by atoms with E-state index in [1.807, 2.05) is 71.5 Å². The number of thiophene rings is 1. The van der Waals surface area contributed by atoms with Crippen LogP contribution in [0.15, 0.2) is 82.3 Å². The number of aromatic nitrogens is 1. The minimum atomic E-state index is -0.906. The predicted octanol–water partition coefficient (Wildman–Crippen LogP) is 5.17. The lowest BCUT2D eigenvalue weighted by atomic mass is 9.85. The van der Waals surface area contributed by atoms with E-state index in [0.29, 0.717) is 24.3 Å². The normalized spacial score (nSPS) is 21.1. The summed E-state index contributed by atoms with van der Waals surface area (Å²) in [6, 6.07) is 22.3. The molecule has 2 aliphatic rings. The molecule has 4 heterocycles. The van der Waals surface area contributed by atoms with Crippen molar-refractivity contribution in [3.05, 3.63) is 121 Å². The quantitative estimate of drug-likeness (QED) is 0.453. The van der Waals surface area contributed by atoms with E-state index in [2.05, 4.69) is 17.5 Å². The summed E-state index contributed by atoms with van der Waals surface area (Å²) in [4.78, 5) is 13.7. The average molecular weight is 428 g/mol. The highest BCUT2D eigenvalue weighted by molar-refractivity contribution is 7.08. The Hall–Kier alpha value is -3.15. The third kappa shape index (κ3) is 2.88. The van der Waals surface area contributed by atoms with E-state index in [0.717, 1.165) is 27.9 Å². The van der Waals surface area contributed by atoms with Crippen LogP contribution in [-0.4, -0.2) is 4.57 Å². The molecule has 1 unspecified atom stereocenters. The second-order valence-electron chi connectivity index (χ2n) is 8.18. The zero-order valence-corrected chi connectivity index (χ0v) is 17.9. The van der Waals surface area contributed by atoms with Gasteiger partial charge in [-0.2, -0.15) is 11.3 Å². The average Bonchev–Trinajstić information content (AvgIpc) is 3.33. The van der Waals surface area contributed by atoms with E-state index in [4.69, 9.17) is 9.47 Å². The van der Waals surface area contributed by atoms with Crippen molar-refractivity contribution in [3.8, 4) is 5.75 Å². The van der Waals surface area contributed by atoms with Gasteiger partial charge in [0.1, 0.15) is 11.9 Å². The van der Waals surface area contributed by atoms with Crippen LogP contribution in [0.2, 0.25) is 0 Å². The van der Waals surface area contributed by atoms with Gasteiger partial charge in [-0.05, 0) is 35.1 Å². The maximum absolute atomic E-state index is 13.7. The van der Waals surface area contributed by atoms with Crippen molar-refractivity contribution in [2.45, 2.75) is 31.8 Å². The molecule has 0 aliphatic carbocycles. The first-order valence-electron chi connectivity index (χ1n) is 10.4. The molecule has 6 rings (SSSR count). The predicted molar refractivity (Wildman–Crippen MR) is 121 cm³/mol. The van der Waals surface area contributed by atoms with Gasteiger partial charge in [0.05, 0.1) is 12.1 Å². The van der Waals surface area contributed by atoms with Gasteiger partial charge in [0.15, 0.2) is 0 Å². The van der Waals surface area contributed by atoms with Gasteiger partial charge < -0.3 is 14.0 Å². The molecule has 2 bridgehead atoms. The summed E-state index contributed by atoms with van der Waals surface area (Å²) in [6.07, 6.45) is 0.158. The molecule has 4 nitrogen and oxygen atoms in total. The molecule has 5 heteroatoms. The standard InChI is InChI=1S/C26H21NO3S/c1-17-13-22-23(25(28)27(17)15-18-7-3-2-4-8-18)24-21-10-6-5-9-19(21)14-26(29-22,30-24)20-11-12-31-16-20/h2-13,16,24H,14-15H2,1H3/t24?,26-/m0/s1. The fraction of sp³-hybridized carbons (Fsp3) is 0.192. The molecule has 154 valence electrons. The fourth-order valence-electron chi connectivity index (χ4n) is 4.70. The lowest BCUT2D eigenvalue weighted by Gasteiger charge is -2.46. The minimum Gasteiger partial charge on any atom is -0.457 e. The van der Waals surface area contributed by atoms with Crippen LogP contribution in [0.4, 0.5) is 0 Å². The van der Waals surface area contributed by atoms with Crippen LogP contribution >= 0.6 is 11.3 Å². The largest absolute Gasteiger partial charge is 0.457 e. The highest BCUT2D eigenvalue weighted by atomic mass is 32.1. The Morgan fingerprint density at radius 1 is 1.10 bits per heavy atom. The highest BCUT2D eigenvalue weighted by Gasteiger charge is 2.50. The lowest BCUT2D eigenvalue weighted by Crippen LogP contribution is -2.48. The monoisotopic (exact) mass is 427 g/mol. The summed E-state index contributed by atoms with van der Waals surface area (Å²) in [5.74, 6) is -0.278. The van der Waals surface area contributed by atoms with Crippen molar-refractivity contribution in [2.24, 2.45) is 0 Å². The van der Waals surface area contributed by atoms with Gasteiger partial charge in [0, 0.05) is 29.1 Å². The third-order valence-electron chi connectivity index (χ3n) is 6.26. The first kappa shape index (κ1) is 18.6. The van der Waals surface area contributed by atoms with E-state index >= 15 is 0 Å². The topological polar surface area (TPSA) is 40.5 Å². The number of pyridine rings is 1. The molecule has 2 atom stereocenters. The van der Waals surface area contributed by atoms with Gasteiger partial charge in [0.25, 0.3) is 5.56 Å². The molecule has 0 radical (unpaired) electrons. The van der Waals surface area contributed by atoms with Crippen molar-refractivity contribution >= 4 is 11.3 Å². The van der Waals surface area contributed by atoms with Crippen LogP contribution in [0.3, 0.4) is 0 Å². The van der Waals surface area contributed by atoms with E-state index in [1.54, 1.807) is 11.3 Å². The van der Waals surface area contributed by atoms with Crippen molar-refractivity contribution in [1.29, 1.82) is 0 Å². The summed E-state index contributed by atoms with van der Waals surface area (Å²) < 4.78 is 14.9. The molecule has 2 aromatic heterocycles. The first-order chi connectivity index (χ1) is 15.1. The minimum absolute atomic E-state index is 0.0560. The van der Waals surface area contributed by atoms with Crippen LogP contribution in [0.1, 0.15) is 39.6 Å². The van der Waals surface area contributed by atoms with Crippen LogP contribution in [0.5, 0.6) is 5.75 Å². The number of hydrogen-bond donors (Lipinski definition) is 0. The molecule has 0 saturated heterocycles. The maximum atomic E-state index is 13.7. The molecule has 4 aromatic rings. The molecule has 0 N–H and O–H groups in total. The summed E-state index contributed by atoms with van der Waals surface area (Å²) >= 11 is 1.62. The summed E-state index contributed by atoms with van der Waals surface area (Å²) in [6.45, 7) is 2.48. The number of ether oxygens (including phenoxy) is 2. The Morgan fingerprint density at radius 2 is 1.90 bits per heavy atom. The molecule has 2 aromatic carbocycles. The van der Waals surface area contributed by atoms with Crippen LogP contribution in [-0.2, 0) is 23.5 Å². The van der Waals surface area contributed by atoms with Crippen molar-refractivity contribution < 1.29 is 9.47 Å². The fourth-order valence-corrected chi connectivity index (χ4v) is 5.41. The van der Waals surface area contributed by atoms with Gasteiger partial charge in [-0.25, -0.2) is 0 Å². The Morgan fingerprint density at radius 3 is 2.71 bits per heavy atom. The number of hydrogen-bond acceptors (Lipinski definition) is 4. The first-order valence-corrected chi connectivity index (χ1v) is 11.3. The van der Waals surface area contributed by atoms with Crippen molar-refractivity contribution in [1.82, 2.24) is 4.57 Å². The molecule has 2 aliphatic heterocycles. The Kier molecular flexibility index (Phi) is 4.16.